The lowest BCUT2D eigenvalue weighted by Crippen LogP contribution is -2.45. The number of hydrogen-bond acceptors (Lipinski definition) is 11. The van der Waals surface area contributed by atoms with Gasteiger partial charge in [0.05, 0.1) is 12.1 Å². The lowest BCUT2D eigenvalue weighted by molar-refractivity contribution is -0.142. The molecule has 1 aliphatic heterocycles. The minimum Gasteiger partial charge on any atom is -0.492 e. The fourth-order valence-electron chi connectivity index (χ4n) is 8.11. The van der Waals surface area contributed by atoms with E-state index in [2.05, 4.69) is 12.2 Å². The number of aryl methyl sites for hydroxylation is 1. The summed E-state index contributed by atoms with van der Waals surface area (Å²) in [5.74, 6) is -2.60. The van der Waals surface area contributed by atoms with Crippen LogP contribution in [0.2, 0.25) is 0 Å². The number of Topliss-reactive ketones (excluding diaryl/α,β-unsaturated/α-hetero) is 3. The number of hydrogen-bond donors (Lipinski definition) is 4. The van der Waals surface area contributed by atoms with E-state index in [1.165, 1.54) is 37.0 Å². The normalized spacial score (nSPS) is 16.9. The molecule has 4 atom stereocenters. The van der Waals surface area contributed by atoms with Crippen molar-refractivity contribution in [3.05, 3.63) is 82.9 Å². The molecule has 13 nitrogen and oxygen atoms in total. The van der Waals surface area contributed by atoms with Gasteiger partial charge in [-0.05, 0) is 79.6 Å². The molecule has 0 saturated heterocycles. The standard InChI is InChI=1S/C50H68N6O7/c1-4-5-6-7-8-9-12-35-15-18-37(19-16-35)44(58)33-39(13-10-23-51)50(61)56(3)48-38-20-22-47(63-28-26-54)41(32-38)40-30-36(17-21-46(40)62-27-25-53)31-42(43(57)14-11-24-52)55-49(60)34(2)29-45(48)59/h15-22,30,32,34,39,42,48H,4-14,23,25-29,31,33,51,53-54H2,1-3H3,(H,55,60)/t34-,39-,42+,48+/m1/s1. The van der Waals surface area contributed by atoms with Gasteiger partial charge < -0.3 is 36.9 Å². The van der Waals surface area contributed by atoms with Crippen LogP contribution >= 0.6 is 0 Å². The predicted molar refractivity (Wildman–Crippen MR) is 245 cm³/mol. The molecule has 0 fully saturated rings. The Morgan fingerprint density at radius 2 is 1.49 bits per heavy atom. The zero-order valence-corrected chi connectivity index (χ0v) is 37.5. The van der Waals surface area contributed by atoms with Crippen LogP contribution in [0.15, 0.2) is 60.7 Å². The number of rotatable bonds is 24. The van der Waals surface area contributed by atoms with Crippen LogP contribution in [0.25, 0.3) is 11.1 Å². The Hall–Kier alpha value is -5.42. The Morgan fingerprint density at radius 1 is 0.841 bits per heavy atom. The van der Waals surface area contributed by atoms with Crippen molar-refractivity contribution in [2.24, 2.45) is 29.0 Å². The van der Waals surface area contributed by atoms with Crippen molar-refractivity contribution in [3.8, 4) is 28.7 Å². The molecule has 0 unspecified atom stereocenters. The average molecular weight is 865 g/mol. The van der Waals surface area contributed by atoms with Crippen LogP contribution in [0.1, 0.15) is 124 Å². The lowest BCUT2D eigenvalue weighted by Gasteiger charge is -2.32. The zero-order valence-electron chi connectivity index (χ0n) is 37.5. The van der Waals surface area contributed by atoms with E-state index < -0.39 is 41.5 Å². The molecule has 340 valence electrons. The van der Waals surface area contributed by atoms with Gasteiger partial charge in [0.15, 0.2) is 17.3 Å². The monoisotopic (exact) mass is 865 g/mol. The first-order chi connectivity index (χ1) is 30.4. The Bertz CT molecular complexity index is 2030. The Morgan fingerprint density at radius 3 is 2.14 bits per heavy atom. The number of nitrogens with zero attached hydrogens (tertiary/aromatic N) is 2. The van der Waals surface area contributed by atoms with E-state index in [9.17, 15) is 29.2 Å². The SMILES string of the molecule is CCCCCCCCc1ccc(C(=O)C[C@@H](CCCN)C(=O)N(C)[C@@H]2C(=O)C[C@@H](C)C(=O)N[C@H](C(=O)CCC#N)Cc3ccc(OCCN)c(c3)-c3cc2ccc3OCCN)cc1. The van der Waals surface area contributed by atoms with E-state index in [-0.39, 0.29) is 70.0 Å². The van der Waals surface area contributed by atoms with Crippen LogP contribution in [0, 0.1) is 23.2 Å². The summed E-state index contributed by atoms with van der Waals surface area (Å²) in [6.45, 7) is 4.96. The summed E-state index contributed by atoms with van der Waals surface area (Å²) >= 11 is 0. The van der Waals surface area contributed by atoms with Crippen LogP contribution in [0.3, 0.4) is 0 Å². The van der Waals surface area contributed by atoms with E-state index in [4.69, 9.17) is 26.7 Å². The Labute approximate surface area is 373 Å². The number of unbranched alkanes of at least 4 members (excludes halogenated alkanes) is 5. The molecule has 0 saturated carbocycles. The third-order valence-corrected chi connectivity index (χ3v) is 11.7. The highest BCUT2D eigenvalue weighted by Crippen LogP contribution is 2.41. The maximum atomic E-state index is 14.7. The highest BCUT2D eigenvalue weighted by atomic mass is 16.5. The maximum Gasteiger partial charge on any atom is 0.226 e. The third-order valence-electron chi connectivity index (χ3n) is 11.7. The molecule has 1 heterocycles. The summed E-state index contributed by atoms with van der Waals surface area (Å²) < 4.78 is 12.3. The van der Waals surface area contributed by atoms with Gasteiger partial charge in [-0.3, -0.25) is 24.0 Å². The van der Waals surface area contributed by atoms with Gasteiger partial charge in [0.25, 0.3) is 0 Å². The summed E-state index contributed by atoms with van der Waals surface area (Å²) in [4.78, 5) is 71.9. The topological polar surface area (TPSA) is 221 Å². The number of carbonyl (C=O) groups is 5. The molecular formula is C50H68N6O7. The van der Waals surface area contributed by atoms with E-state index in [0.29, 0.717) is 58.7 Å². The quantitative estimate of drug-likeness (QED) is 0.0557. The fourth-order valence-corrected chi connectivity index (χ4v) is 8.11. The van der Waals surface area contributed by atoms with Crippen LogP contribution in [-0.4, -0.2) is 80.0 Å². The first-order valence-corrected chi connectivity index (χ1v) is 22.7. The van der Waals surface area contributed by atoms with E-state index in [1.54, 1.807) is 44.3 Å². The van der Waals surface area contributed by atoms with Crippen molar-refractivity contribution < 1.29 is 33.4 Å². The van der Waals surface area contributed by atoms with Crippen molar-refractivity contribution >= 4 is 29.2 Å². The zero-order chi connectivity index (χ0) is 45.7. The van der Waals surface area contributed by atoms with Crippen LogP contribution in [0.5, 0.6) is 11.5 Å². The molecule has 7 N–H and O–H groups in total. The van der Waals surface area contributed by atoms with Gasteiger partial charge in [0.2, 0.25) is 11.8 Å². The maximum absolute atomic E-state index is 14.7. The smallest absolute Gasteiger partial charge is 0.226 e. The Balaban J connectivity index is 1.76. The average Bonchev–Trinajstić information content (AvgIpc) is 3.28. The number of nitrogens with one attached hydrogen (secondary N) is 1. The van der Waals surface area contributed by atoms with Crippen molar-refractivity contribution in [2.75, 3.05) is 39.9 Å². The van der Waals surface area contributed by atoms with E-state index in [0.717, 1.165) is 18.4 Å². The fraction of sp³-hybridized carbons (Fsp3) is 0.520. The molecule has 0 spiro atoms. The molecule has 0 radical (unpaired) electrons. The number of benzene rings is 3. The van der Waals surface area contributed by atoms with Gasteiger partial charge in [-0.25, -0.2) is 0 Å². The summed E-state index contributed by atoms with van der Waals surface area (Å²) in [6.07, 6.45) is 8.65. The molecule has 4 rings (SSSR count). The highest BCUT2D eigenvalue weighted by Gasteiger charge is 2.36. The summed E-state index contributed by atoms with van der Waals surface area (Å²) in [7, 11) is 1.55. The molecule has 1 aliphatic rings. The number of carbonyl (C=O) groups excluding carboxylic acids is 5. The number of ketones is 3. The number of nitriles is 1. The minimum absolute atomic E-state index is 0.0174. The van der Waals surface area contributed by atoms with Crippen LogP contribution in [-0.2, 0) is 32.0 Å². The molecule has 4 bridgehead atoms. The molecule has 63 heavy (non-hydrogen) atoms. The van der Waals surface area contributed by atoms with Crippen molar-refractivity contribution in [1.29, 1.82) is 5.26 Å². The van der Waals surface area contributed by atoms with Crippen molar-refractivity contribution in [3.63, 3.8) is 0 Å². The first-order valence-electron chi connectivity index (χ1n) is 22.7. The lowest BCUT2D eigenvalue weighted by atomic mass is 9.88. The largest absolute Gasteiger partial charge is 0.492 e. The van der Waals surface area contributed by atoms with Gasteiger partial charge >= 0.3 is 0 Å². The molecule has 2 amide bonds. The Kier molecular flexibility index (Phi) is 20.9. The van der Waals surface area contributed by atoms with E-state index >= 15 is 0 Å². The molecular weight excluding hydrogens is 797 g/mol. The molecule has 0 aromatic heterocycles. The van der Waals surface area contributed by atoms with Crippen molar-refractivity contribution in [1.82, 2.24) is 10.2 Å². The van der Waals surface area contributed by atoms with Crippen LogP contribution in [0.4, 0.5) is 0 Å². The number of likely N-dealkylation sites (N-methyl/N-ethyl adjacent to an activating group) is 1. The van der Waals surface area contributed by atoms with Gasteiger partial charge in [0.1, 0.15) is 30.8 Å². The predicted octanol–water partition coefficient (Wildman–Crippen LogP) is 6.57. The van der Waals surface area contributed by atoms with Gasteiger partial charge in [-0.15, -0.1) is 0 Å². The summed E-state index contributed by atoms with van der Waals surface area (Å²) in [5, 5.41) is 12.1. The molecule has 13 heteroatoms. The van der Waals surface area contributed by atoms with Gasteiger partial charge in [-0.1, -0.05) is 82.3 Å². The number of nitrogens with two attached hydrogens (primary N) is 3. The minimum atomic E-state index is -1.18. The second-order valence-electron chi connectivity index (χ2n) is 16.6. The molecule has 3 aromatic rings. The summed E-state index contributed by atoms with van der Waals surface area (Å²) in [5.41, 5.74) is 21.6. The number of fused-ring (bicyclic) bond motifs is 5. The third kappa shape index (κ3) is 14.8. The van der Waals surface area contributed by atoms with Crippen LogP contribution < -0.4 is 32.0 Å². The van der Waals surface area contributed by atoms with Gasteiger partial charge in [-0.2, -0.15) is 5.26 Å². The summed E-state index contributed by atoms with van der Waals surface area (Å²) in [6, 6.07) is 18.1. The number of amides is 2. The van der Waals surface area contributed by atoms with E-state index in [1.807, 2.05) is 36.4 Å². The first kappa shape index (κ1) is 50.2. The molecule has 3 aromatic carbocycles. The number of ether oxygens (including phenoxy) is 2. The second-order valence-corrected chi connectivity index (χ2v) is 16.6. The van der Waals surface area contributed by atoms with Crippen molar-refractivity contribution in [2.45, 2.75) is 116 Å². The highest BCUT2D eigenvalue weighted by molar-refractivity contribution is 6.00. The van der Waals surface area contributed by atoms with Gasteiger partial charge in [0, 0.05) is 74.3 Å². The molecule has 0 aliphatic carbocycles. The second kappa shape index (κ2) is 26.3.